The van der Waals surface area contributed by atoms with Gasteiger partial charge in [-0.1, -0.05) is 94.4 Å². The normalized spacial score (nSPS) is 13.3. The highest BCUT2D eigenvalue weighted by atomic mass is 28.4. The predicted octanol–water partition coefficient (Wildman–Crippen LogP) is 4.76. The Bertz CT molecular complexity index is 789. The van der Waals surface area contributed by atoms with Crippen molar-refractivity contribution in [3.05, 3.63) is 90.8 Å². The lowest BCUT2D eigenvalue weighted by Gasteiger charge is -2.43. The van der Waals surface area contributed by atoms with Crippen LogP contribution in [0.25, 0.3) is 0 Å². The maximum absolute atomic E-state index is 6.98. The number of benzene rings is 2. The van der Waals surface area contributed by atoms with E-state index in [4.69, 9.17) is 4.43 Å². The molecule has 0 N–H and O–H groups in total. The SMILES string of the molecule is CC(CO[Si](c1ccccc1)(c1ccccc1)C(C)(C)C)c1ccccn1. The first-order valence-electron chi connectivity index (χ1n) is 9.61. The van der Waals surface area contributed by atoms with E-state index in [-0.39, 0.29) is 11.0 Å². The molecule has 27 heavy (non-hydrogen) atoms. The predicted molar refractivity (Wildman–Crippen MR) is 116 cm³/mol. The van der Waals surface area contributed by atoms with Gasteiger partial charge >= 0.3 is 0 Å². The smallest absolute Gasteiger partial charge is 0.261 e. The summed E-state index contributed by atoms with van der Waals surface area (Å²) < 4.78 is 6.98. The molecule has 0 aliphatic carbocycles. The van der Waals surface area contributed by atoms with Gasteiger partial charge in [-0.2, -0.15) is 0 Å². The summed E-state index contributed by atoms with van der Waals surface area (Å²) in [6, 6.07) is 27.7. The third-order valence-corrected chi connectivity index (χ3v) is 10.2. The van der Waals surface area contributed by atoms with Gasteiger partial charge in [-0.15, -0.1) is 0 Å². The molecule has 0 aliphatic heterocycles. The van der Waals surface area contributed by atoms with Gasteiger partial charge in [0.1, 0.15) is 0 Å². The van der Waals surface area contributed by atoms with Crippen molar-refractivity contribution in [2.24, 2.45) is 0 Å². The van der Waals surface area contributed by atoms with Crippen molar-refractivity contribution in [2.75, 3.05) is 6.61 Å². The fourth-order valence-corrected chi connectivity index (χ4v) is 8.42. The number of aromatic nitrogens is 1. The highest BCUT2D eigenvalue weighted by Crippen LogP contribution is 2.37. The Balaban J connectivity index is 2.04. The number of pyridine rings is 1. The van der Waals surface area contributed by atoms with E-state index in [2.05, 4.69) is 99.4 Å². The van der Waals surface area contributed by atoms with Crippen molar-refractivity contribution < 1.29 is 4.43 Å². The Labute approximate surface area is 164 Å². The zero-order valence-corrected chi connectivity index (χ0v) is 17.7. The van der Waals surface area contributed by atoms with Crippen molar-refractivity contribution in [3.8, 4) is 0 Å². The van der Waals surface area contributed by atoms with Crippen LogP contribution in [0.5, 0.6) is 0 Å². The van der Waals surface area contributed by atoms with Crippen LogP contribution in [0, 0.1) is 0 Å². The van der Waals surface area contributed by atoms with Gasteiger partial charge in [0, 0.05) is 24.4 Å². The Morgan fingerprint density at radius 2 is 1.33 bits per heavy atom. The summed E-state index contributed by atoms with van der Waals surface area (Å²) in [5.41, 5.74) is 1.08. The summed E-state index contributed by atoms with van der Waals surface area (Å²) in [5.74, 6) is 0.243. The van der Waals surface area contributed by atoms with Gasteiger partial charge < -0.3 is 4.43 Å². The van der Waals surface area contributed by atoms with Crippen LogP contribution in [0.3, 0.4) is 0 Å². The third-order valence-electron chi connectivity index (χ3n) is 5.16. The summed E-state index contributed by atoms with van der Waals surface area (Å²) >= 11 is 0. The molecule has 0 bridgehead atoms. The van der Waals surface area contributed by atoms with Crippen LogP contribution >= 0.6 is 0 Å². The van der Waals surface area contributed by atoms with Crippen molar-refractivity contribution in [2.45, 2.75) is 38.7 Å². The second-order valence-corrected chi connectivity index (χ2v) is 12.4. The van der Waals surface area contributed by atoms with E-state index >= 15 is 0 Å². The fraction of sp³-hybridized carbons (Fsp3) is 0.292. The van der Waals surface area contributed by atoms with Gasteiger partial charge in [-0.3, -0.25) is 4.98 Å². The molecule has 3 aromatic rings. The summed E-state index contributed by atoms with van der Waals surface area (Å²) in [5, 5.41) is 2.63. The van der Waals surface area contributed by atoms with Crippen molar-refractivity contribution in [1.29, 1.82) is 0 Å². The molecule has 0 radical (unpaired) electrons. The maximum Gasteiger partial charge on any atom is 0.261 e. The highest BCUT2D eigenvalue weighted by molar-refractivity contribution is 6.99. The molecule has 2 aromatic carbocycles. The summed E-state index contributed by atoms with van der Waals surface area (Å²) in [4.78, 5) is 4.52. The first-order chi connectivity index (χ1) is 12.9. The van der Waals surface area contributed by atoms with Crippen LogP contribution in [0.15, 0.2) is 85.1 Å². The van der Waals surface area contributed by atoms with Gasteiger partial charge in [-0.25, -0.2) is 0 Å². The van der Waals surface area contributed by atoms with Gasteiger partial charge in [0.25, 0.3) is 8.32 Å². The molecule has 1 heterocycles. The number of rotatable bonds is 6. The molecule has 0 fully saturated rings. The number of nitrogens with zero attached hydrogens (tertiary/aromatic N) is 1. The van der Waals surface area contributed by atoms with Gasteiger partial charge in [0.2, 0.25) is 0 Å². The van der Waals surface area contributed by atoms with Gasteiger partial charge in [0.05, 0.1) is 0 Å². The minimum absolute atomic E-state index is 0.000453. The molecule has 140 valence electrons. The standard InChI is InChI=1S/C24H29NOSi/c1-20(23-17-11-12-18-25-23)19-26-27(24(2,3)4,21-13-7-5-8-14-21)22-15-9-6-10-16-22/h5-18,20H,19H2,1-4H3. The molecule has 0 saturated carbocycles. The Kier molecular flexibility index (Phi) is 5.93. The molecule has 3 heteroatoms. The molecule has 1 atom stereocenters. The molecular weight excluding hydrogens is 346 g/mol. The summed E-state index contributed by atoms with van der Waals surface area (Å²) in [6.45, 7) is 9.78. The molecule has 0 amide bonds. The first kappa shape index (κ1) is 19.5. The molecule has 0 saturated heterocycles. The van der Waals surface area contributed by atoms with Crippen LogP contribution in [0.1, 0.15) is 39.3 Å². The third kappa shape index (κ3) is 4.04. The summed E-state index contributed by atoms with van der Waals surface area (Å²) in [7, 11) is -2.47. The quantitative estimate of drug-likeness (QED) is 0.580. The van der Waals surface area contributed by atoms with Crippen molar-refractivity contribution >= 4 is 18.7 Å². The lowest BCUT2D eigenvalue weighted by atomic mass is 10.1. The Hall–Kier alpha value is -2.23. The second-order valence-electron chi connectivity index (χ2n) is 8.13. The van der Waals surface area contributed by atoms with E-state index < -0.39 is 8.32 Å². The van der Waals surface area contributed by atoms with Crippen LogP contribution < -0.4 is 10.4 Å². The largest absolute Gasteiger partial charge is 0.407 e. The Morgan fingerprint density at radius 3 is 1.78 bits per heavy atom. The van der Waals surface area contributed by atoms with E-state index in [9.17, 15) is 0 Å². The van der Waals surface area contributed by atoms with Gasteiger partial charge in [0.15, 0.2) is 0 Å². The lowest BCUT2D eigenvalue weighted by Crippen LogP contribution is -2.66. The first-order valence-corrected chi connectivity index (χ1v) is 11.5. The lowest BCUT2D eigenvalue weighted by molar-refractivity contribution is 0.276. The van der Waals surface area contributed by atoms with E-state index in [0.717, 1.165) is 5.69 Å². The van der Waals surface area contributed by atoms with Crippen molar-refractivity contribution in [1.82, 2.24) is 4.98 Å². The molecule has 0 spiro atoms. The second kappa shape index (κ2) is 8.20. The maximum atomic E-state index is 6.98. The van der Waals surface area contributed by atoms with E-state index in [1.54, 1.807) is 0 Å². The average molecular weight is 376 g/mol. The molecule has 1 unspecified atom stereocenters. The van der Waals surface area contributed by atoms with Crippen molar-refractivity contribution in [3.63, 3.8) is 0 Å². The molecule has 2 nitrogen and oxygen atoms in total. The topological polar surface area (TPSA) is 22.1 Å². The highest BCUT2D eigenvalue weighted by Gasteiger charge is 2.50. The Morgan fingerprint density at radius 1 is 0.815 bits per heavy atom. The van der Waals surface area contributed by atoms with Crippen LogP contribution in [0.2, 0.25) is 5.04 Å². The summed E-state index contributed by atoms with van der Waals surface area (Å²) in [6.07, 6.45) is 1.86. The van der Waals surface area contributed by atoms with E-state index in [1.165, 1.54) is 10.4 Å². The van der Waals surface area contributed by atoms with Crippen LogP contribution in [0.4, 0.5) is 0 Å². The van der Waals surface area contributed by atoms with E-state index in [0.29, 0.717) is 6.61 Å². The molecule has 3 rings (SSSR count). The van der Waals surface area contributed by atoms with Gasteiger partial charge in [-0.05, 0) is 27.5 Å². The zero-order valence-electron chi connectivity index (χ0n) is 16.7. The number of hydrogen-bond donors (Lipinski definition) is 0. The van der Waals surface area contributed by atoms with Crippen LogP contribution in [-0.2, 0) is 4.43 Å². The monoisotopic (exact) mass is 375 g/mol. The molecule has 1 aromatic heterocycles. The zero-order chi connectivity index (χ0) is 19.3. The minimum atomic E-state index is -2.47. The van der Waals surface area contributed by atoms with Crippen LogP contribution in [-0.4, -0.2) is 19.9 Å². The molecule has 0 aliphatic rings. The molecular formula is C24H29NOSi. The minimum Gasteiger partial charge on any atom is -0.407 e. The number of hydrogen-bond acceptors (Lipinski definition) is 2. The van der Waals surface area contributed by atoms with E-state index in [1.807, 2.05) is 18.3 Å². The average Bonchev–Trinajstić information content (AvgIpc) is 2.69. The fourth-order valence-electron chi connectivity index (χ4n) is 3.76.